The molecule has 0 unspecified atom stereocenters. The number of hydrogen-bond donors (Lipinski definition) is 2. The Kier molecular flexibility index (Phi) is 5.63. The molecule has 3 aromatic carbocycles. The predicted molar refractivity (Wildman–Crippen MR) is 117 cm³/mol. The van der Waals surface area contributed by atoms with Crippen LogP contribution in [-0.2, 0) is 4.79 Å². The normalized spacial score (nSPS) is 19.5. The van der Waals surface area contributed by atoms with Crippen molar-refractivity contribution in [3.63, 3.8) is 0 Å². The van der Waals surface area contributed by atoms with Gasteiger partial charge in [-0.25, -0.2) is 0 Å². The molecule has 6 heteroatoms. The van der Waals surface area contributed by atoms with E-state index in [0.29, 0.717) is 10.6 Å². The van der Waals surface area contributed by atoms with Crippen molar-refractivity contribution in [2.75, 3.05) is 0 Å². The van der Waals surface area contributed by atoms with Gasteiger partial charge in [-0.05, 0) is 43.3 Å². The average molecular weight is 419 g/mol. The lowest BCUT2D eigenvalue weighted by Gasteiger charge is -2.15. The van der Waals surface area contributed by atoms with Crippen molar-refractivity contribution in [2.45, 2.75) is 19.0 Å². The highest BCUT2D eigenvalue weighted by Gasteiger charge is 2.47. The number of amides is 2. The summed E-state index contributed by atoms with van der Waals surface area (Å²) in [4.78, 5) is 25.6. The number of nitrogens with zero attached hydrogens (tertiary/aromatic N) is 1. The summed E-state index contributed by atoms with van der Waals surface area (Å²) in [7, 11) is 0. The quantitative estimate of drug-likeness (QED) is 0.635. The van der Waals surface area contributed by atoms with Crippen molar-refractivity contribution in [3.8, 4) is 0 Å². The molecule has 0 radical (unpaired) electrons. The molecule has 0 saturated carbocycles. The average Bonchev–Trinajstić information content (AvgIpc) is 3.05. The Morgan fingerprint density at radius 3 is 2.33 bits per heavy atom. The minimum Gasteiger partial charge on any atom is -0.334 e. The molecule has 2 atom stereocenters. The van der Waals surface area contributed by atoms with E-state index in [2.05, 4.69) is 10.7 Å². The zero-order valence-corrected chi connectivity index (χ0v) is 17.1. The third-order valence-electron chi connectivity index (χ3n) is 5.04. The van der Waals surface area contributed by atoms with E-state index in [-0.39, 0.29) is 11.8 Å². The Balaban J connectivity index is 1.70. The van der Waals surface area contributed by atoms with E-state index in [0.717, 1.165) is 16.7 Å². The fourth-order valence-electron chi connectivity index (χ4n) is 3.47. The van der Waals surface area contributed by atoms with E-state index >= 15 is 0 Å². The first kappa shape index (κ1) is 19.9. The van der Waals surface area contributed by atoms with Gasteiger partial charge in [-0.15, -0.1) is 10.1 Å². The second kappa shape index (κ2) is 8.51. The van der Waals surface area contributed by atoms with Crippen LogP contribution >= 0.6 is 11.6 Å². The monoisotopic (exact) mass is 418 g/mol. The van der Waals surface area contributed by atoms with Gasteiger partial charge in [0, 0.05) is 21.7 Å². The second-order valence-corrected chi connectivity index (χ2v) is 7.67. The first-order valence-electron chi connectivity index (χ1n) is 9.63. The molecule has 1 fully saturated rings. The lowest BCUT2D eigenvalue weighted by molar-refractivity contribution is -0.596. The number of carbonyl (C=O) groups excluding carboxylic acids is 2. The van der Waals surface area contributed by atoms with E-state index in [1.165, 1.54) is 0 Å². The van der Waals surface area contributed by atoms with Crippen LogP contribution in [0.25, 0.3) is 0 Å². The van der Waals surface area contributed by atoms with E-state index < -0.39 is 12.1 Å². The van der Waals surface area contributed by atoms with Crippen molar-refractivity contribution < 1.29 is 14.3 Å². The summed E-state index contributed by atoms with van der Waals surface area (Å²) in [5.74, 6) is -0.575. The zero-order valence-electron chi connectivity index (χ0n) is 16.4. The molecule has 1 aliphatic heterocycles. The maximum atomic E-state index is 12.8. The van der Waals surface area contributed by atoms with Crippen molar-refractivity contribution in [2.24, 2.45) is 0 Å². The molecule has 1 aliphatic rings. The fraction of sp³-hybridized carbons (Fsp3) is 0.125. The molecule has 0 bridgehead atoms. The number of hydrazine groups is 1. The molecular weight excluding hydrogens is 398 g/mol. The van der Waals surface area contributed by atoms with Crippen LogP contribution in [0.1, 0.15) is 33.1 Å². The van der Waals surface area contributed by atoms with Gasteiger partial charge in [0.1, 0.15) is 0 Å². The van der Waals surface area contributed by atoms with Gasteiger partial charge in [-0.1, -0.05) is 59.6 Å². The minimum atomic E-state index is -0.763. The van der Waals surface area contributed by atoms with Gasteiger partial charge in [0.15, 0.2) is 6.04 Å². The van der Waals surface area contributed by atoms with E-state index in [9.17, 15) is 9.59 Å². The SMILES string of the molecule is Cc1ccc(/C=[N+]2\NC(=O)[C@@H](NC(=O)c3ccccc3)[C@@H]2c2ccc(Cl)cc2)cc1. The number of hydrogen-bond acceptors (Lipinski definition) is 2. The third-order valence-corrected chi connectivity index (χ3v) is 5.29. The van der Waals surface area contributed by atoms with Crippen LogP contribution in [0.4, 0.5) is 0 Å². The predicted octanol–water partition coefficient (Wildman–Crippen LogP) is 3.66. The Morgan fingerprint density at radius 2 is 1.67 bits per heavy atom. The van der Waals surface area contributed by atoms with Crippen molar-refractivity contribution in [3.05, 3.63) is 106 Å². The van der Waals surface area contributed by atoms with Crippen LogP contribution in [0.15, 0.2) is 78.9 Å². The molecule has 5 nitrogen and oxygen atoms in total. The highest BCUT2D eigenvalue weighted by molar-refractivity contribution is 6.30. The van der Waals surface area contributed by atoms with Gasteiger partial charge in [-0.3, -0.25) is 9.59 Å². The molecule has 30 heavy (non-hydrogen) atoms. The summed E-state index contributed by atoms with van der Waals surface area (Å²) < 4.78 is 1.74. The summed E-state index contributed by atoms with van der Waals surface area (Å²) in [5.41, 5.74) is 6.33. The Labute approximate surface area is 180 Å². The van der Waals surface area contributed by atoms with Crippen LogP contribution < -0.4 is 10.7 Å². The van der Waals surface area contributed by atoms with Crippen LogP contribution in [0.5, 0.6) is 0 Å². The minimum absolute atomic E-state index is 0.275. The number of aryl methyl sites for hydroxylation is 1. The van der Waals surface area contributed by atoms with E-state index in [1.807, 2.05) is 55.6 Å². The topological polar surface area (TPSA) is 61.2 Å². The standard InChI is InChI=1S/C24H20ClN3O2/c1-16-7-9-17(10-8-16)15-28-22(18-11-13-20(25)14-12-18)21(24(30)27-28)26-23(29)19-5-3-2-4-6-19/h2-15,21-22H,1H3,(H-,26,27,29,30)/p+1/b28-15-/t21-,22-/m0/s1. The van der Waals surface area contributed by atoms with Gasteiger partial charge in [0.05, 0.1) is 0 Å². The van der Waals surface area contributed by atoms with Gasteiger partial charge < -0.3 is 5.32 Å². The second-order valence-electron chi connectivity index (χ2n) is 7.24. The van der Waals surface area contributed by atoms with Crippen LogP contribution in [-0.4, -0.2) is 28.8 Å². The number of carbonyl (C=O) groups is 2. The molecule has 150 valence electrons. The molecule has 0 aliphatic carbocycles. The fourth-order valence-corrected chi connectivity index (χ4v) is 3.59. The van der Waals surface area contributed by atoms with Crippen molar-refractivity contribution in [1.29, 1.82) is 0 Å². The molecule has 2 amide bonds. The lowest BCUT2D eigenvalue weighted by atomic mass is 9.99. The van der Waals surface area contributed by atoms with Crippen LogP contribution in [0, 0.1) is 6.92 Å². The number of rotatable bonds is 4. The largest absolute Gasteiger partial charge is 0.334 e. The molecule has 1 saturated heterocycles. The summed E-state index contributed by atoms with van der Waals surface area (Å²) in [5, 5.41) is 3.49. The Hall–Kier alpha value is -3.44. The van der Waals surface area contributed by atoms with E-state index in [4.69, 9.17) is 11.6 Å². The molecule has 0 spiro atoms. The first-order valence-corrected chi connectivity index (χ1v) is 10.0. The third kappa shape index (κ3) is 4.26. The van der Waals surface area contributed by atoms with Gasteiger partial charge in [-0.2, -0.15) is 0 Å². The molecule has 1 heterocycles. The zero-order chi connectivity index (χ0) is 21.1. The molecule has 3 aromatic rings. The highest BCUT2D eigenvalue weighted by atomic mass is 35.5. The van der Waals surface area contributed by atoms with Crippen LogP contribution in [0.2, 0.25) is 5.02 Å². The van der Waals surface area contributed by atoms with E-state index in [1.54, 1.807) is 41.1 Å². The molecule has 4 rings (SSSR count). The van der Waals surface area contributed by atoms with Gasteiger partial charge >= 0.3 is 5.91 Å². The smallest absolute Gasteiger partial charge is 0.304 e. The Morgan fingerprint density at radius 1 is 1.00 bits per heavy atom. The molecule has 2 N–H and O–H groups in total. The summed E-state index contributed by atoms with van der Waals surface area (Å²) >= 11 is 6.06. The summed E-state index contributed by atoms with van der Waals surface area (Å²) in [6.45, 7) is 2.02. The maximum absolute atomic E-state index is 12.8. The highest BCUT2D eigenvalue weighted by Crippen LogP contribution is 2.26. The van der Waals surface area contributed by atoms with Crippen LogP contribution in [0.3, 0.4) is 0 Å². The van der Waals surface area contributed by atoms with Crippen molar-refractivity contribution in [1.82, 2.24) is 10.7 Å². The van der Waals surface area contributed by atoms with Gasteiger partial charge in [0.2, 0.25) is 12.3 Å². The van der Waals surface area contributed by atoms with Crippen molar-refractivity contribution >= 4 is 29.6 Å². The summed E-state index contributed by atoms with van der Waals surface area (Å²) in [6.07, 6.45) is 1.87. The number of benzene rings is 3. The maximum Gasteiger partial charge on any atom is 0.304 e. The first-order chi connectivity index (χ1) is 14.5. The summed E-state index contributed by atoms with van der Waals surface area (Å²) in [6, 6.07) is 22.9. The molecular formula is C24H21ClN3O2+. The number of nitrogens with one attached hydrogen (secondary N) is 2. The number of halogens is 1. The Bertz CT molecular complexity index is 1090. The molecule has 0 aromatic heterocycles. The number of hydrazone groups is 1. The lowest BCUT2D eigenvalue weighted by Crippen LogP contribution is -2.42. The van der Waals surface area contributed by atoms with Gasteiger partial charge in [0.25, 0.3) is 5.91 Å².